The number of benzene rings is 1. The second-order valence-corrected chi connectivity index (χ2v) is 4.07. The average Bonchev–Trinajstić information content (AvgIpc) is 2.66. The molecule has 0 saturated heterocycles. The van der Waals surface area contributed by atoms with E-state index in [0.717, 1.165) is 41.4 Å². The van der Waals surface area contributed by atoms with E-state index < -0.39 is 0 Å². The van der Waals surface area contributed by atoms with Crippen LogP contribution in [0.5, 0.6) is 0 Å². The van der Waals surface area contributed by atoms with Crippen molar-refractivity contribution in [1.29, 1.82) is 0 Å². The number of H-pyrrole nitrogens is 1. The summed E-state index contributed by atoms with van der Waals surface area (Å²) in [6.07, 6.45) is 2.62. The van der Waals surface area contributed by atoms with E-state index in [1.807, 2.05) is 0 Å². The van der Waals surface area contributed by atoms with Gasteiger partial charge in [-0.3, -0.25) is 0 Å². The maximum absolute atomic E-state index is 13.2. The molecule has 1 aromatic heterocycles. The Labute approximate surface area is 91.6 Å². The molecule has 82 valence electrons. The third-order valence-corrected chi connectivity index (χ3v) is 3.09. The van der Waals surface area contributed by atoms with Gasteiger partial charge in [0.2, 0.25) is 0 Å². The average molecular weight is 218 g/mol. The number of oxime groups is 1. The van der Waals surface area contributed by atoms with Crippen LogP contribution < -0.4 is 0 Å². The topological polar surface area (TPSA) is 48.4 Å². The monoisotopic (exact) mass is 218 g/mol. The summed E-state index contributed by atoms with van der Waals surface area (Å²) in [5, 5.41) is 13.1. The van der Waals surface area contributed by atoms with Gasteiger partial charge in [-0.25, -0.2) is 4.39 Å². The molecule has 0 radical (unpaired) electrons. The molecule has 0 unspecified atom stereocenters. The highest BCUT2D eigenvalue weighted by molar-refractivity contribution is 6.12. The molecule has 0 aliphatic heterocycles. The van der Waals surface area contributed by atoms with Crippen LogP contribution in [0.15, 0.2) is 23.4 Å². The van der Waals surface area contributed by atoms with E-state index in [1.165, 1.54) is 12.1 Å². The zero-order valence-electron chi connectivity index (χ0n) is 8.63. The Balaban J connectivity index is 2.36. The Hall–Kier alpha value is -1.84. The van der Waals surface area contributed by atoms with Crippen molar-refractivity contribution >= 4 is 16.6 Å². The first-order valence-corrected chi connectivity index (χ1v) is 5.31. The summed E-state index contributed by atoms with van der Waals surface area (Å²) in [4.78, 5) is 3.25. The van der Waals surface area contributed by atoms with Crippen LogP contribution in [0.3, 0.4) is 0 Å². The maximum atomic E-state index is 13.2. The maximum Gasteiger partial charge on any atom is 0.123 e. The molecule has 16 heavy (non-hydrogen) atoms. The van der Waals surface area contributed by atoms with Gasteiger partial charge < -0.3 is 10.2 Å². The van der Waals surface area contributed by atoms with Crippen LogP contribution in [0.1, 0.15) is 24.1 Å². The molecule has 4 heteroatoms. The second kappa shape index (κ2) is 3.33. The highest BCUT2D eigenvalue weighted by atomic mass is 19.1. The van der Waals surface area contributed by atoms with E-state index in [2.05, 4.69) is 10.1 Å². The number of hydrogen-bond donors (Lipinski definition) is 2. The first-order chi connectivity index (χ1) is 7.79. The van der Waals surface area contributed by atoms with E-state index in [1.54, 1.807) is 6.07 Å². The number of aromatic nitrogens is 1. The molecule has 3 nitrogen and oxygen atoms in total. The van der Waals surface area contributed by atoms with E-state index in [0.29, 0.717) is 5.71 Å². The highest BCUT2D eigenvalue weighted by Crippen LogP contribution is 2.29. The van der Waals surface area contributed by atoms with Crippen molar-refractivity contribution in [1.82, 2.24) is 4.98 Å². The molecule has 1 aliphatic rings. The molecular formula is C12H11FN2O. The van der Waals surface area contributed by atoms with Gasteiger partial charge in [-0.1, -0.05) is 5.16 Å². The molecule has 3 rings (SSSR count). The Morgan fingerprint density at radius 2 is 2.19 bits per heavy atom. The van der Waals surface area contributed by atoms with Crippen LogP contribution in [0.4, 0.5) is 4.39 Å². The summed E-state index contributed by atoms with van der Waals surface area (Å²) in [6, 6.07) is 4.64. The predicted molar refractivity (Wildman–Crippen MR) is 59.5 cm³/mol. The Bertz CT molecular complexity index is 586. The minimum Gasteiger partial charge on any atom is -0.411 e. The van der Waals surface area contributed by atoms with Crippen LogP contribution in [-0.2, 0) is 6.42 Å². The first-order valence-electron chi connectivity index (χ1n) is 5.31. The summed E-state index contributed by atoms with van der Waals surface area (Å²) < 4.78 is 13.2. The van der Waals surface area contributed by atoms with Crippen molar-refractivity contribution in [2.45, 2.75) is 19.3 Å². The molecule has 0 spiro atoms. The number of nitrogens with zero attached hydrogens (tertiary/aromatic N) is 1. The standard InChI is InChI=1S/C12H11FN2O/c13-7-4-5-9-8(6-7)12-10(14-9)2-1-3-11(12)15-16/h4-6,14,16H,1-3H2. The van der Waals surface area contributed by atoms with Crippen molar-refractivity contribution in [2.75, 3.05) is 0 Å². The lowest BCUT2D eigenvalue weighted by atomic mass is 9.94. The summed E-state index contributed by atoms with van der Waals surface area (Å²) in [7, 11) is 0. The van der Waals surface area contributed by atoms with Crippen LogP contribution in [0.2, 0.25) is 0 Å². The Morgan fingerprint density at radius 3 is 3.00 bits per heavy atom. The van der Waals surface area contributed by atoms with Gasteiger partial charge in [0.05, 0.1) is 5.71 Å². The van der Waals surface area contributed by atoms with Gasteiger partial charge in [-0.2, -0.15) is 0 Å². The summed E-state index contributed by atoms with van der Waals surface area (Å²) >= 11 is 0. The number of hydrogen-bond acceptors (Lipinski definition) is 2. The second-order valence-electron chi connectivity index (χ2n) is 4.07. The minimum atomic E-state index is -0.267. The van der Waals surface area contributed by atoms with E-state index >= 15 is 0 Å². The molecule has 0 atom stereocenters. The Kier molecular flexibility index (Phi) is 1.96. The lowest BCUT2D eigenvalue weighted by molar-refractivity contribution is 0.317. The van der Waals surface area contributed by atoms with Crippen LogP contribution in [0.25, 0.3) is 10.9 Å². The lowest BCUT2D eigenvalue weighted by Gasteiger charge is -2.12. The number of fused-ring (bicyclic) bond motifs is 3. The molecule has 0 fully saturated rings. The molecular weight excluding hydrogens is 207 g/mol. The largest absolute Gasteiger partial charge is 0.411 e. The van der Waals surface area contributed by atoms with Gasteiger partial charge in [-0.05, 0) is 37.5 Å². The van der Waals surface area contributed by atoms with Gasteiger partial charge in [0.1, 0.15) is 5.82 Å². The Morgan fingerprint density at radius 1 is 1.31 bits per heavy atom. The summed E-state index contributed by atoms with van der Waals surface area (Å²) in [5.74, 6) is -0.267. The molecule has 2 N–H and O–H groups in total. The molecule has 0 bridgehead atoms. The fraction of sp³-hybridized carbons (Fsp3) is 0.250. The fourth-order valence-corrected chi connectivity index (χ4v) is 2.39. The normalized spacial score (nSPS) is 17.9. The van der Waals surface area contributed by atoms with Crippen molar-refractivity contribution in [3.05, 3.63) is 35.3 Å². The van der Waals surface area contributed by atoms with Gasteiger partial charge in [0.15, 0.2) is 0 Å². The molecule has 1 heterocycles. The van der Waals surface area contributed by atoms with Crippen molar-refractivity contribution < 1.29 is 9.60 Å². The molecule has 0 saturated carbocycles. The van der Waals surface area contributed by atoms with Gasteiger partial charge in [0, 0.05) is 22.2 Å². The summed E-state index contributed by atoms with van der Waals surface area (Å²) in [6.45, 7) is 0. The van der Waals surface area contributed by atoms with E-state index in [4.69, 9.17) is 5.21 Å². The van der Waals surface area contributed by atoms with E-state index in [-0.39, 0.29) is 5.82 Å². The van der Waals surface area contributed by atoms with Gasteiger partial charge >= 0.3 is 0 Å². The van der Waals surface area contributed by atoms with Crippen LogP contribution in [0, 0.1) is 5.82 Å². The number of aryl methyl sites for hydroxylation is 1. The SMILES string of the molecule is ON=C1CCCc2[nH]c3ccc(F)cc3c21. The third kappa shape index (κ3) is 1.23. The first kappa shape index (κ1) is 9.39. The molecule has 2 aromatic rings. The molecule has 0 amide bonds. The quantitative estimate of drug-likeness (QED) is 0.518. The van der Waals surface area contributed by atoms with Crippen LogP contribution >= 0.6 is 0 Å². The third-order valence-electron chi connectivity index (χ3n) is 3.09. The zero-order chi connectivity index (χ0) is 11.1. The van der Waals surface area contributed by atoms with Gasteiger partial charge in [-0.15, -0.1) is 0 Å². The van der Waals surface area contributed by atoms with Crippen molar-refractivity contribution in [3.63, 3.8) is 0 Å². The molecule has 1 aromatic carbocycles. The fourth-order valence-electron chi connectivity index (χ4n) is 2.39. The lowest BCUT2D eigenvalue weighted by Crippen LogP contribution is -2.10. The van der Waals surface area contributed by atoms with Gasteiger partial charge in [0.25, 0.3) is 0 Å². The number of nitrogens with one attached hydrogen (secondary N) is 1. The smallest absolute Gasteiger partial charge is 0.123 e. The summed E-state index contributed by atoms with van der Waals surface area (Å²) in [5.41, 5.74) is 3.47. The minimum absolute atomic E-state index is 0.267. The number of halogens is 1. The van der Waals surface area contributed by atoms with Crippen molar-refractivity contribution in [3.8, 4) is 0 Å². The number of aromatic amines is 1. The van der Waals surface area contributed by atoms with Crippen LogP contribution in [-0.4, -0.2) is 15.9 Å². The van der Waals surface area contributed by atoms with E-state index in [9.17, 15) is 4.39 Å². The molecule has 1 aliphatic carbocycles. The highest BCUT2D eigenvalue weighted by Gasteiger charge is 2.21. The van der Waals surface area contributed by atoms with Crippen molar-refractivity contribution in [2.24, 2.45) is 5.16 Å². The zero-order valence-corrected chi connectivity index (χ0v) is 8.63. The number of rotatable bonds is 0. The predicted octanol–water partition coefficient (Wildman–Crippen LogP) is 2.82.